The molecule has 4 nitrogen and oxygen atoms in total. The summed E-state index contributed by atoms with van der Waals surface area (Å²) in [5, 5.41) is 3.79. The molecule has 0 bridgehead atoms. The molecule has 0 aromatic heterocycles. The molecule has 2 aromatic rings. The lowest BCUT2D eigenvalue weighted by molar-refractivity contribution is 0.0979. The summed E-state index contributed by atoms with van der Waals surface area (Å²) in [5.74, 6) is 0.111. The molecule has 0 spiro atoms. The van der Waals surface area contributed by atoms with E-state index in [9.17, 15) is 4.79 Å². The van der Waals surface area contributed by atoms with Crippen LogP contribution in [-0.2, 0) is 6.42 Å². The first-order valence-corrected chi connectivity index (χ1v) is 7.52. The van der Waals surface area contributed by atoms with Crippen LogP contribution in [-0.4, -0.2) is 12.3 Å². The van der Waals surface area contributed by atoms with Gasteiger partial charge in [0.15, 0.2) is 5.78 Å². The summed E-state index contributed by atoms with van der Waals surface area (Å²) in [5.41, 5.74) is 12.9. The van der Waals surface area contributed by atoms with Crippen LogP contribution in [0.5, 0.6) is 0 Å². The number of carbonyl (C=O) groups excluding carboxylic acids is 1. The van der Waals surface area contributed by atoms with Gasteiger partial charge < -0.3 is 0 Å². The minimum absolute atomic E-state index is 0.0645. The van der Waals surface area contributed by atoms with E-state index in [-0.39, 0.29) is 11.7 Å². The van der Waals surface area contributed by atoms with Crippen LogP contribution in [0.4, 0.5) is 0 Å². The molecular weight excluding hydrogens is 274 g/mol. The first-order valence-electron chi connectivity index (χ1n) is 7.52. The number of nitrogens with zero attached hydrogens (tertiary/aromatic N) is 3. The van der Waals surface area contributed by atoms with Gasteiger partial charge in [0.05, 0.1) is 0 Å². The molecule has 1 atom stereocenters. The number of Topliss-reactive ketones (excluding diaryl/α,β-unsaturated/α-hetero) is 1. The van der Waals surface area contributed by atoms with Gasteiger partial charge in [0, 0.05) is 29.4 Å². The number of hydrogen-bond donors (Lipinski definition) is 0. The lowest BCUT2D eigenvalue weighted by Gasteiger charge is -2.20. The van der Waals surface area contributed by atoms with Gasteiger partial charge >= 0.3 is 0 Å². The Morgan fingerprint density at radius 1 is 1.05 bits per heavy atom. The molecule has 1 aliphatic carbocycles. The van der Waals surface area contributed by atoms with Gasteiger partial charge in [-0.3, -0.25) is 4.79 Å². The Bertz CT molecular complexity index is 748. The molecule has 22 heavy (non-hydrogen) atoms. The third kappa shape index (κ3) is 2.74. The van der Waals surface area contributed by atoms with Crippen LogP contribution in [0.3, 0.4) is 0 Å². The zero-order valence-corrected chi connectivity index (χ0v) is 12.3. The highest BCUT2D eigenvalue weighted by Crippen LogP contribution is 2.33. The Labute approximate surface area is 129 Å². The third-order valence-electron chi connectivity index (χ3n) is 4.24. The minimum atomic E-state index is -0.0645. The summed E-state index contributed by atoms with van der Waals surface area (Å²) in [6.45, 7) is 0.331. The summed E-state index contributed by atoms with van der Waals surface area (Å²) in [4.78, 5) is 15.4. The lowest BCUT2D eigenvalue weighted by Crippen LogP contribution is -2.11. The van der Waals surface area contributed by atoms with Crippen LogP contribution < -0.4 is 0 Å². The highest BCUT2D eigenvalue weighted by Gasteiger charge is 2.23. The summed E-state index contributed by atoms with van der Waals surface area (Å²) in [7, 11) is 0. The molecule has 4 heteroatoms. The van der Waals surface area contributed by atoms with Crippen molar-refractivity contribution in [1.82, 2.24) is 0 Å². The number of benzene rings is 2. The van der Waals surface area contributed by atoms with Gasteiger partial charge in [0.25, 0.3) is 0 Å². The average molecular weight is 291 g/mol. The molecule has 1 unspecified atom stereocenters. The van der Waals surface area contributed by atoms with Crippen molar-refractivity contribution in [1.29, 1.82) is 0 Å². The van der Waals surface area contributed by atoms with Crippen molar-refractivity contribution in [3.8, 4) is 0 Å². The van der Waals surface area contributed by atoms with Gasteiger partial charge in [-0.05, 0) is 35.1 Å². The van der Waals surface area contributed by atoms with E-state index in [1.165, 1.54) is 5.56 Å². The monoisotopic (exact) mass is 291 g/mol. The highest BCUT2D eigenvalue weighted by molar-refractivity contribution is 5.97. The number of azide groups is 1. The average Bonchev–Trinajstić information content (AvgIpc) is 2.61. The molecule has 0 N–H and O–H groups in total. The maximum Gasteiger partial charge on any atom is 0.163 e. The number of ketones is 1. The van der Waals surface area contributed by atoms with E-state index in [4.69, 9.17) is 5.53 Å². The first-order chi connectivity index (χ1) is 10.8. The fourth-order valence-corrected chi connectivity index (χ4v) is 3.21. The molecular formula is C18H17N3O. The fraction of sp³-hybridized carbons (Fsp3) is 0.278. The van der Waals surface area contributed by atoms with Crippen molar-refractivity contribution in [2.45, 2.75) is 25.2 Å². The molecule has 0 saturated carbocycles. The molecule has 2 aromatic carbocycles. The Balaban J connectivity index is 2.21. The van der Waals surface area contributed by atoms with Crippen molar-refractivity contribution < 1.29 is 4.79 Å². The predicted octanol–water partition coefficient (Wildman–Crippen LogP) is 4.65. The Kier molecular flexibility index (Phi) is 4.22. The summed E-state index contributed by atoms with van der Waals surface area (Å²) in [6.07, 6.45) is 2.28. The zero-order valence-electron chi connectivity index (χ0n) is 12.3. The zero-order chi connectivity index (χ0) is 15.4. The normalized spacial score (nSPS) is 17.3. The van der Waals surface area contributed by atoms with E-state index in [1.54, 1.807) is 0 Å². The topological polar surface area (TPSA) is 65.8 Å². The number of rotatable bonds is 2. The van der Waals surface area contributed by atoms with E-state index in [0.717, 1.165) is 29.5 Å². The summed E-state index contributed by atoms with van der Waals surface area (Å²) >= 11 is 0. The molecule has 1 aliphatic rings. The predicted molar refractivity (Wildman–Crippen MR) is 86.0 cm³/mol. The highest BCUT2D eigenvalue weighted by atomic mass is 16.1. The van der Waals surface area contributed by atoms with Crippen LogP contribution in [0, 0.1) is 0 Å². The number of aryl methyl sites for hydroxylation is 1. The van der Waals surface area contributed by atoms with Crippen molar-refractivity contribution in [3.63, 3.8) is 0 Å². The third-order valence-corrected chi connectivity index (χ3v) is 4.24. The van der Waals surface area contributed by atoms with Gasteiger partial charge in [-0.2, -0.15) is 0 Å². The van der Waals surface area contributed by atoms with Gasteiger partial charge in [0.1, 0.15) is 0 Å². The molecule has 0 fully saturated rings. The molecule has 0 heterocycles. The largest absolute Gasteiger partial charge is 0.294 e. The van der Waals surface area contributed by atoms with Crippen LogP contribution >= 0.6 is 0 Å². The van der Waals surface area contributed by atoms with Gasteiger partial charge in [-0.15, -0.1) is 0 Å². The van der Waals surface area contributed by atoms with Crippen LogP contribution in [0.15, 0.2) is 53.6 Å². The molecule has 0 saturated heterocycles. The van der Waals surface area contributed by atoms with Crippen molar-refractivity contribution in [2.24, 2.45) is 5.11 Å². The smallest absolute Gasteiger partial charge is 0.163 e. The fourth-order valence-electron chi connectivity index (χ4n) is 3.21. The lowest BCUT2D eigenvalue weighted by atomic mass is 9.85. The van der Waals surface area contributed by atoms with Gasteiger partial charge in [-0.25, -0.2) is 0 Å². The number of hydrogen-bond acceptors (Lipinski definition) is 2. The molecule has 3 rings (SSSR count). The van der Waals surface area contributed by atoms with E-state index < -0.39 is 0 Å². The maximum atomic E-state index is 12.5. The minimum Gasteiger partial charge on any atom is -0.294 e. The van der Waals surface area contributed by atoms with Gasteiger partial charge in [0.2, 0.25) is 0 Å². The first kappa shape index (κ1) is 14.4. The van der Waals surface area contributed by atoms with Crippen LogP contribution in [0.1, 0.15) is 45.8 Å². The Morgan fingerprint density at radius 3 is 2.59 bits per heavy atom. The van der Waals surface area contributed by atoms with E-state index >= 15 is 0 Å². The standard InChI is InChI=1S/C18H17N3O/c19-21-20-12-17-14-8-2-1-6-13(14)7-5-11-18(22)16-10-4-3-9-15(16)17/h1-4,6,8-10,17H,5,7,11-12H2. The summed E-state index contributed by atoms with van der Waals surface area (Å²) in [6, 6.07) is 15.9. The molecule has 0 amide bonds. The number of carbonyl (C=O) groups is 1. The Morgan fingerprint density at radius 2 is 1.77 bits per heavy atom. The van der Waals surface area contributed by atoms with Gasteiger partial charge in [-0.1, -0.05) is 53.6 Å². The van der Waals surface area contributed by atoms with E-state index in [0.29, 0.717) is 13.0 Å². The van der Waals surface area contributed by atoms with Crippen molar-refractivity contribution in [2.75, 3.05) is 6.54 Å². The maximum absolute atomic E-state index is 12.5. The second-order valence-corrected chi connectivity index (χ2v) is 5.53. The van der Waals surface area contributed by atoms with Crippen molar-refractivity contribution in [3.05, 3.63) is 81.2 Å². The number of fused-ring (bicyclic) bond motifs is 2. The van der Waals surface area contributed by atoms with Crippen LogP contribution in [0.25, 0.3) is 10.4 Å². The van der Waals surface area contributed by atoms with Crippen LogP contribution in [0.2, 0.25) is 0 Å². The van der Waals surface area contributed by atoms with E-state index in [1.807, 2.05) is 36.4 Å². The SMILES string of the molecule is [N-]=[N+]=NCC1c2ccccc2CCCC(=O)c2ccccc21. The Hall–Kier alpha value is -2.58. The quantitative estimate of drug-likeness (QED) is 0.451. The van der Waals surface area contributed by atoms with E-state index in [2.05, 4.69) is 22.2 Å². The second-order valence-electron chi connectivity index (χ2n) is 5.53. The molecule has 0 aliphatic heterocycles. The second kappa shape index (κ2) is 6.46. The molecule has 110 valence electrons. The molecule has 0 radical (unpaired) electrons. The van der Waals surface area contributed by atoms with Crippen molar-refractivity contribution >= 4 is 5.78 Å². The summed E-state index contributed by atoms with van der Waals surface area (Å²) < 4.78 is 0.